The summed E-state index contributed by atoms with van der Waals surface area (Å²) in [5.74, 6) is -0.254. The Hall–Kier alpha value is -2.44. The van der Waals surface area contributed by atoms with Gasteiger partial charge in [0.2, 0.25) is 4.80 Å². The van der Waals surface area contributed by atoms with E-state index < -0.39 is 0 Å². The van der Waals surface area contributed by atoms with Crippen LogP contribution < -0.4 is 10.2 Å². The number of nitrogens with one attached hydrogen (secondary N) is 1. The van der Waals surface area contributed by atoms with Gasteiger partial charge in [0.05, 0.1) is 5.69 Å². The number of carbonyl (C=O) groups excluding carboxylic acids is 1. The Balaban J connectivity index is 1.95. The van der Waals surface area contributed by atoms with E-state index >= 15 is 0 Å². The third kappa shape index (κ3) is 3.81. The summed E-state index contributed by atoms with van der Waals surface area (Å²) in [6, 6.07) is 17.2. The number of amides is 1. The SMILES string of the molecule is C=Cn1c(-c2ccccc2)c(C)sc1=NNC(=O)c1ccc(Br)cc1. The predicted octanol–water partition coefficient (Wildman–Crippen LogP) is 4.63. The molecular weight excluding hydrogens is 398 g/mol. The Morgan fingerprint density at radius 1 is 1.20 bits per heavy atom. The van der Waals surface area contributed by atoms with Gasteiger partial charge >= 0.3 is 0 Å². The van der Waals surface area contributed by atoms with Crippen molar-refractivity contribution in [1.29, 1.82) is 0 Å². The fourth-order valence-electron chi connectivity index (χ4n) is 2.45. The Morgan fingerprint density at radius 2 is 1.88 bits per heavy atom. The van der Waals surface area contributed by atoms with Gasteiger partial charge in [-0.25, -0.2) is 5.43 Å². The highest BCUT2D eigenvalue weighted by Crippen LogP contribution is 2.24. The molecule has 0 bridgehead atoms. The van der Waals surface area contributed by atoms with Crippen LogP contribution in [0.4, 0.5) is 0 Å². The average molecular weight is 414 g/mol. The lowest BCUT2D eigenvalue weighted by molar-refractivity contribution is 0.0953. The summed E-state index contributed by atoms with van der Waals surface area (Å²) < 4.78 is 2.81. The highest BCUT2D eigenvalue weighted by molar-refractivity contribution is 9.10. The molecule has 2 aromatic carbocycles. The number of benzene rings is 2. The molecule has 0 atom stereocenters. The van der Waals surface area contributed by atoms with E-state index in [1.807, 2.05) is 54.0 Å². The maximum Gasteiger partial charge on any atom is 0.271 e. The van der Waals surface area contributed by atoms with Gasteiger partial charge in [-0.1, -0.05) is 64.2 Å². The van der Waals surface area contributed by atoms with Crippen molar-refractivity contribution in [1.82, 2.24) is 9.99 Å². The molecule has 0 unspecified atom stereocenters. The number of aryl methyl sites for hydroxylation is 1. The minimum atomic E-state index is -0.254. The quantitative estimate of drug-likeness (QED) is 0.622. The molecule has 0 spiro atoms. The fourth-order valence-corrected chi connectivity index (χ4v) is 3.66. The molecule has 0 radical (unpaired) electrons. The summed E-state index contributed by atoms with van der Waals surface area (Å²) >= 11 is 4.86. The number of nitrogens with zero attached hydrogens (tertiary/aromatic N) is 2. The summed E-state index contributed by atoms with van der Waals surface area (Å²) in [5.41, 5.74) is 5.27. The van der Waals surface area contributed by atoms with Gasteiger partial charge in [-0.05, 0) is 36.8 Å². The van der Waals surface area contributed by atoms with Gasteiger partial charge in [0.25, 0.3) is 5.91 Å². The number of carbonyl (C=O) groups is 1. The lowest BCUT2D eigenvalue weighted by atomic mass is 10.1. The Labute approximate surface area is 158 Å². The van der Waals surface area contributed by atoms with Gasteiger partial charge in [-0.3, -0.25) is 9.36 Å². The van der Waals surface area contributed by atoms with E-state index in [4.69, 9.17) is 0 Å². The van der Waals surface area contributed by atoms with Crippen LogP contribution in [0.15, 0.2) is 70.8 Å². The first kappa shape index (κ1) is 17.4. The summed E-state index contributed by atoms with van der Waals surface area (Å²) in [5, 5.41) is 4.28. The van der Waals surface area contributed by atoms with Gasteiger partial charge in [0.15, 0.2) is 0 Å². The Kier molecular flexibility index (Phi) is 5.31. The van der Waals surface area contributed by atoms with Crippen LogP contribution in [0.3, 0.4) is 0 Å². The zero-order valence-corrected chi connectivity index (χ0v) is 16.0. The topological polar surface area (TPSA) is 46.4 Å². The van der Waals surface area contributed by atoms with Crippen molar-refractivity contribution >= 4 is 39.4 Å². The summed E-state index contributed by atoms with van der Waals surface area (Å²) in [4.78, 5) is 14.0. The molecule has 3 aromatic rings. The van der Waals surface area contributed by atoms with E-state index in [-0.39, 0.29) is 5.91 Å². The van der Waals surface area contributed by atoms with E-state index in [1.165, 1.54) is 11.3 Å². The second-order valence-corrected chi connectivity index (χ2v) is 7.36. The Bertz CT molecular complexity index is 972. The van der Waals surface area contributed by atoms with Crippen molar-refractivity contribution in [3.05, 3.63) is 80.9 Å². The second kappa shape index (κ2) is 7.63. The largest absolute Gasteiger partial charge is 0.291 e. The summed E-state index contributed by atoms with van der Waals surface area (Å²) in [7, 11) is 0. The molecule has 0 aliphatic heterocycles. The van der Waals surface area contributed by atoms with E-state index in [0.717, 1.165) is 20.6 Å². The maximum atomic E-state index is 12.2. The number of rotatable bonds is 4. The molecule has 0 aliphatic carbocycles. The normalized spacial score (nSPS) is 11.4. The van der Waals surface area contributed by atoms with Crippen LogP contribution in [0.2, 0.25) is 0 Å². The smallest absolute Gasteiger partial charge is 0.271 e. The number of hydrogen-bond acceptors (Lipinski definition) is 3. The van der Waals surface area contributed by atoms with Crippen LogP contribution in [-0.4, -0.2) is 10.5 Å². The minimum absolute atomic E-state index is 0.254. The third-order valence-corrected chi connectivity index (χ3v) is 5.11. The van der Waals surface area contributed by atoms with Crippen molar-refractivity contribution in [2.24, 2.45) is 5.10 Å². The van der Waals surface area contributed by atoms with Crippen molar-refractivity contribution in [3.63, 3.8) is 0 Å². The van der Waals surface area contributed by atoms with Gasteiger partial charge in [0, 0.05) is 21.1 Å². The predicted molar refractivity (Wildman–Crippen MR) is 106 cm³/mol. The van der Waals surface area contributed by atoms with E-state index in [0.29, 0.717) is 10.4 Å². The number of halogens is 1. The molecule has 6 heteroatoms. The highest BCUT2D eigenvalue weighted by Gasteiger charge is 2.11. The molecule has 0 saturated carbocycles. The number of hydrogen-bond donors (Lipinski definition) is 1. The number of aromatic nitrogens is 1. The van der Waals surface area contributed by atoms with Crippen molar-refractivity contribution in [2.75, 3.05) is 0 Å². The molecule has 3 rings (SSSR count). The van der Waals surface area contributed by atoms with Crippen molar-refractivity contribution < 1.29 is 4.79 Å². The summed E-state index contributed by atoms with van der Waals surface area (Å²) in [6.45, 7) is 5.91. The first-order valence-electron chi connectivity index (χ1n) is 7.59. The molecule has 0 fully saturated rings. The molecule has 1 heterocycles. The third-order valence-electron chi connectivity index (χ3n) is 3.61. The molecule has 126 valence electrons. The van der Waals surface area contributed by atoms with Crippen LogP contribution in [0.1, 0.15) is 15.2 Å². The average Bonchev–Trinajstić information content (AvgIpc) is 2.96. The van der Waals surface area contributed by atoms with Crippen LogP contribution in [0.25, 0.3) is 17.5 Å². The van der Waals surface area contributed by atoms with E-state index in [1.54, 1.807) is 18.3 Å². The maximum absolute atomic E-state index is 12.2. The van der Waals surface area contributed by atoms with Gasteiger partial charge in [0.1, 0.15) is 0 Å². The van der Waals surface area contributed by atoms with Crippen LogP contribution in [-0.2, 0) is 0 Å². The van der Waals surface area contributed by atoms with Crippen molar-refractivity contribution in [3.8, 4) is 11.3 Å². The lowest BCUT2D eigenvalue weighted by Crippen LogP contribution is -2.23. The number of thiazole rings is 1. The fraction of sp³-hybridized carbons (Fsp3) is 0.0526. The van der Waals surface area contributed by atoms with Gasteiger partial charge in [-0.2, -0.15) is 0 Å². The molecular formula is C19H16BrN3OS. The molecule has 4 nitrogen and oxygen atoms in total. The zero-order valence-electron chi connectivity index (χ0n) is 13.6. The van der Waals surface area contributed by atoms with E-state index in [9.17, 15) is 4.79 Å². The minimum Gasteiger partial charge on any atom is -0.291 e. The second-order valence-electron chi connectivity index (χ2n) is 5.27. The van der Waals surface area contributed by atoms with E-state index in [2.05, 4.69) is 33.0 Å². The van der Waals surface area contributed by atoms with Crippen LogP contribution in [0, 0.1) is 6.92 Å². The highest BCUT2D eigenvalue weighted by atomic mass is 79.9. The monoisotopic (exact) mass is 413 g/mol. The summed E-state index contributed by atoms with van der Waals surface area (Å²) in [6.07, 6.45) is 1.70. The molecule has 0 saturated heterocycles. The van der Waals surface area contributed by atoms with Gasteiger partial charge < -0.3 is 0 Å². The standard InChI is InChI=1S/C19H16BrN3OS/c1-3-23-17(14-7-5-4-6-8-14)13(2)25-19(23)22-21-18(24)15-9-11-16(20)12-10-15/h3-12H,1H2,2H3,(H,21,24). The van der Waals surface area contributed by atoms with Crippen LogP contribution in [0.5, 0.6) is 0 Å². The molecule has 1 N–H and O–H groups in total. The molecule has 0 aliphatic rings. The zero-order chi connectivity index (χ0) is 17.8. The lowest BCUT2D eigenvalue weighted by Gasteiger charge is -2.05. The molecule has 25 heavy (non-hydrogen) atoms. The first-order valence-corrected chi connectivity index (χ1v) is 9.20. The van der Waals surface area contributed by atoms with Crippen LogP contribution >= 0.6 is 27.3 Å². The van der Waals surface area contributed by atoms with Gasteiger partial charge in [-0.15, -0.1) is 5.10 Å². The molecule has 1 aromatic heterocycles. The Morgan fingerprint density at radius 3 is 2.52 bits per heavy atom. The van der Waals surface area contributed by atoms with Crippen molar-refractivity contribution in [2.45, 2.75) is 6.92 Å². The molecule has 1 amide bonds. The first-order chi connectivity index (χ1) is 12.1.